The van der Waals surface area contributed by atoms with E-state index in [2.05, 4.69) is 25.7 Å². The molecule has 2 aromatic heterocycles. The third-order valence-electron chi connectivity index (χ3n) is 3.96. The molecule has 0 radical (unpaired) electrons. The zero-order valence-electron chi connectivity index (χ0n) is 16.6. The molecular weight excluding hydrogens is 483 g/mol. The van der Waals surface area contributed by atoms with E-state index in [-0.39, 0.29) is 24.0 Å². The Labute approximate surface area is 187 Å². The van der Waals surface area contributed by atoms with Crippen LogP contribution >= 0.6 is 24.0 Å². The summed E-state index contributed by atoms with van der Waals surface area (Å²) in [5, 5.41) is 10.7. The molecule has 2 N–H and O–H groups in total. The predicted molar refractivity (Wildman–Crippen MR) is 125 cm³/mol. The van der Waals surface area contributed by atoms with Gasteiger partial charge in [-0.1, -0.05) is 0 Å². The van der Waals surface area contributed by atoms with E-state index < -0.39 is 0 Å². The molecule has 0 amide bonds. The summed E-state index contributed by atoms with van der Waals surface area (Å²) in [5.74, 6) is 2.77. The number of benzene rings is 1. The smallest absolute Gasteiger partial charge is 0.196 e. The normalized spacial score (nSPS) is 10.8. The molecule has 0 bridgehead atoms. The zero-order chi connectivity index (χ0) is 19.8. The van der Waals surface area contributed by atoms with Gasteiger partial charge in [-0.2, -0.15) is 5.10 Å². The summed E-state index contributed by atoms with van der Waals surface area (Å²) in [5.41, 5.74) is 1.88. The number of rotatable bonds is 7. The van der Waals surface area contributed by atoms with Crippen molar-refractivity contribution >= 4 is 35.6 Å². The van der Waals surface area contributed by atoms with Crippen molar-refractivity contribution in [2.45, 2.75) is 13.5 Å². The highest BCUT2D eigenvalue weighted by atomic mass is 127. The highest BCUT2D eigenvalue weighted by molar-refractivity contribution is 14.0. The second-order valence-corrected chi connectivity index (χ2v) is 5.86. The molecule has 0 saturated carbocycles. The molecule has 8 nitrogen and oxygen atoms in total. The summed E-state index contributed by atoms with van der Waals surface area (Å²) in [4.78, 5) is 9.01. The summed E-state index contributed by atoms with van der Waals surface area (Å²) in [7, 11) is 3.23. The number of pyridine rings is 1. The monoisotopic (exact) mass is 508 g/mol. The minimum Gasteiger partial charge on any atom is -0.493 e. The van der Waals surface area contributed by atoms with Crippen LogP contribution in [0.1, 0.15) is 12.5 Å². The number of hydrogen-bond donors (Lipinski definition) is 2. The Kier molecular flexibility index (Phi) is 8.71. The molecule has 0 spiro atoms. The van der Waals surface area contributed by atoms with Gasteiger partial charge >= 0.3 is 0 Å². The summed E-state index contributed by atoms with van der Waals surface area (Å²) < 4.78 is 12.4. The molecular formula is C20H25IN6O2. The van der Waals surface area contributed by atoms with Crippen molar-refractivity contribution in [2.24, 2.45) is 4.99 Å². The van der Waals surface area contributed by atoms with Gasteiger partial charge in [0.15, 0.2) is 23.3 Å². The molecule has 0 aliphatic rings. The number of nitrogens with one attached hydrogen (secondary N) is 2. The molecule has 0 saturated heterocycles. The minimum absolute atomic E-state index is 0. The molecule has 3 aromatic rings. The summed E-state index contributed by atoms with van der Waals surface area (Å²) >= 11 is 0. The fraction of sp³-hybridized carbons (Fsp3) is 0.250. The van der Waals surface area contributed by atoms with Crippen LogP contribution in [0, 0.1) is 0 Å². The topological polar surface area (TPSA) is 85.6 Å². The maximum atomic E-state index is 5.36. The molecule has 0 aliphatic carbocycles. The number of nitrogens with zero attached hydrogens (tertiary/aromatic N) is 4. The lowest BCUT2D eigenvalue weighted by Gasteiger charge is -2.14. The van der Waals surface area contributed by atoms with E-state index in [9.17, 15) is 0 Å². The average Bonchev–Trinajstić information content (AvgIpc) is 3.27. The van der Waals surface area contributed by atoms with Gasteiger partial charge in [-0.05, 0) is 42.8 Å². The van der Waals surface area contributed by atoms with E-state index in [1.165, 1.54) is 0 Å². The second-order valence-electron chi connectivity index (χ2n) is 5.86. The lowest BCUT2D eigenvalue weighted by Crippen LogP contribution is -2.30. The molecule has 0 atom stereocenters. The fourth-order valence-corrected chi connectivity index (χ4v) is 2.62. The minimum atomic E-state index is 0. The Hall–Kier alpha value is -2.82. The first-order valence-corrected chi connectivity index (χ1v) is 8.95. The Balaban J connectivity index is 0.00000300. The van der Waals surface area contributed by atoms with Crippen LogP contribution in [0.5, 0.6) is 11.5 Å². The van der Waals surface area contributed by atoms with Gasteiger partial charge in [0, 0.05) is 36.9 Å². The van der Waals surface area contributed by atoms with Gasteiger partial charge in [-0.25, -0.2) is 14.7 Å². The predicted octanol–water partition coefficient (Wildman–Crippen LogP) is 3.48. The zero-order valence-corrected chi connectivity index (χ0v) is 19.0. The first-order chi connectivity index (χ1) is 13.7. The van der Waals surface area contributed by atoms with Crippen molar-refractivity contribution in [3.63, 3.8) is 0 Å². The lowest BCUT2D eigenvalue weighted by atomic mass is 10.2. The van der Waals surface area contributed by atoms with Gasteiger partial charge in [0.05, 0.1) is 20.8 Å². The lowest BCUT2D eigenvalue weighted by molar-refractivity contribution is 0.355. The van der Waals surface area contributed by atoms with Crippen molar-refractivity contribution in [1.82, 2.24) is 20.1 Å². The maximum Gasteiger partial charge on any atom is 0.196 e. The van der Waals surface area contributed by atoms with Gasteiger partial charge in [0.2, 0.25) is 0 Å². The van der Waals surface area contributed by atoms with Crippen LogP contribution in [0.3, 0.4) is 0 Å². The first kappa shape index (κ1) is 22.5. The summed E-state index contributed by atoms with van der Waals surface area (Å²) in [6.45, 7) is 3.27. The largest absolute Gasteiger partial charge is 0.493 e. The Bertz CT molecular complexity index is 930. The van der Waals surface area contributed by atoms with E-state index in [4.69, 9.17) is 9.47 Å². The Morgan fingerprint density at radius 1 is 1.10 bits per heavy atom. The third kappa shape index (κ3) is 6.08. The van der Waals surface area contributed by atoms with Crippen LogP contribution < -0.4 is 20.1 Å². The van der Waals surface area contributed by atoms with Crippen molar-refractivity contribution in [3.05, 3.63) is 60.6 Å². The molecule has 2 heterocycles. The first-order valence-electron chi connectivity index (χ1n) is 8.95. The van der Waals surface area contributed by atoms with Crippen molar-refractivity contribution in [2.75, 3.05) is 26.1 Å². The van der Waals surface area contributed by atoms with Gasteiger partial charge < -0.3 is 20.1 Å². The molecule has 0 unspecified atom stereocenters. The van der Waals surface area contributed by atoms with E-state index in [0.29, 0.717) is 24.0 Å². The van der Waals surface area contributed by atoms with Gasteiger partial charge in [0.25, 0.3) is 0 Å². The van der Waals surface area contributed by atoms with Crippen molar-refractivity contribution in [1.29, 1.82) is 0 Å². The van der Waals surface area contributed by atoms with Gasteiger partial charge in [-0.15, -0.1) is 24.0 Å². The molecule has 9 heteroatoms. The van der Waals surface area contributed by atoms with E-state index >= 15 is 0 Å². The van der Waals surface area contributed by atoms with E-state index in [1.807, 2.05) is 49.5 Å². The number of guanidine groups is 1. The van der Waals surface area contributed by atoms with Gasteiger partial charge in [0.1, 0.15) is 0 Å². The highest BCUT2D eigenvalue weighted by Crippen LogP contribution is 2.29. The van der Waals surface area contributed by atoms with Crippen molar-refractivity contribution in [3.8, 4) is 17.3 Å². The number of methoxy groups -OCH3 is 2. The molecule has 1 aromatic carbocycles. The standard InChI is InChI=1S/C20H24N6O2.HI/c1-4-21-20(25-16-6-7-17(27-2)18(13-16)28-3)23-14-15-8-10-22-19(12-15)26-11-5-9-24-26;/h5-13H,4,14H2,1-3H3,(H2,21,23,25);1H. The van der Waals surface area contributed by atoms with E-state index in [0.717, 1.165) is 23.6 Å². The van der Waals surface area contributed by atoms with Crippen LogP contribution in [0.25, 0.3) is 5.82 Å². The quantitative estimate of drug-likeness (QED) is 0.289. The molecule has 0 fully saturated rings. The Morgan fingerprint density at radius 2 is 1.93 bits per heavy atom. The summed E-state index contributed by atoms with van der Waals surface area (Å²) in [6.07, 6.45) is 5.34. The highest BCUT2D eigenvalue weighted by Gasteiger charge is 2.06. The number of hydrogen-bond acceptors (Lipinski definition) is 5. The number of halogens is 1. The average molecular weight is 508 g/mol. The molecule has 0 aliphatic heterocycles. The fourth-order valence-electron chi connectivity index (χ4n) is 2.62. The second kappa shape index (κ2) is 11.2. The van der Waals surface area contributed by atoms with Crippen LogP contribution in [0.15, 0.2) is 60.0 Å². The van der Waals surface area contributed by atoms with Crippen LogP contribution in [-0.4, -0.2) is 41.5 Å². The Morgan fingerprint density at radius 3 is 2.62 bits per heavy atom. The third-order valence-corrected chi connectivity index (χ3v) is 3.96. The molecule has 29 heavy (non-hydrogen) atoms. The summed E-state index contributed by atoms with van der Waals surface area (Å²) in [6, 6.07) is 11.4. The number of anilines is 1. The van der Waals surface area contributed by atoms with Crippen molar-refractivity contribution < 1.29 is 9.47 Å². The van der Waals surface area contributed by atoms with E-state index in [1.54, 1.807) is 31.3 Å². The van der Waals surface area contributed by atoms with Crippen LogP contribution in [-0.2, 0) is 6.54 Å². The SMILES string of the molecule is CCNC(=NCc1ccnc(-n2cccn2)c1)Nc1ccc(OC)c(OC)c1.I. The molecule has 154 valence electrons. The molecule has 3 rings (SSSR count). The number of ether oxygens (including phenoxy) is 2. The number of aliphatic imine (C=N–C) groups is 1. The van der Waals surface area contributed by atoms with Gasteiger partial charge in [-0.3, -0.25) is 0 Å². The number of aromatic nitrogens is 3. The van der Waals surface area contributed by atoms with Crippen LogP contribution in [0.2, 0.25) is 0 Å². The maximum absolute atomic E-state index is 5.36. The van der Waals surface area contributed by atoms with Crippen LogP contribution in [0.4, 0.5) is 5.69 Å².